The molecule has 0 aliphatic carbocycles. The summed E-state index contributed by atoms with van der Waals surface area (Å²) in [6, 6.07) is 12.0. The number of hydrogen-bond donors (Lipinski definition) is 2. The first-order valence-corrected chi connectivity index (χ1v) is 9.01. The largest absolute Gasteiger partial charge is 0.384 e. The highest BCUT2D eigenvalue weighted by molar-refractivity contribution is 5.47. The van der Waals surface area contributed by atoms with E-state index in [0.29, 0.717) is 12.2 Å². The summed E-state index contributed by atoms with van der Waals surface area (Å²) in [5.41, 5.74) is 6.00. The Morgan fingerprint density at radius 3 is 2.56 bits per heavy atom. The number of piperidine rings is 1. The van der Waals surface area contributed by atoms with Crippen LogP contribution < -0.4 is 10.6 Å². The van der Waals surface area contributed by atoms with Crippen LogP contribution in [0, 0.1) is 0 Å². The van der Waals surface area contributed by atoms with E-state index in [1.165, 1.54) is 19.2 Å². The molecular formula is C19H25N5O. The maximum absolute atomic E-state index is 11.7. The zero-order chi connectivity index (χ0) is 17.3. The van der Waals surface area contributed by atoms with Crippen LogP contribution in [-0.4, -0.2) is 52.2 Å². The number of nitrogen functional groups attached to an aromatic ring is 1. The third-order valence-corrected chi connectivity index (χ3v) is 5.56. The zero-order valence-electron chi connectivity index (χ0n) is 14.4. The molecule has 0 bridgehead atoms. The van der Waals surface area contributed by atoms with Crippen molar-refractivity contribution in [2.24, 2.45) is 0 Å². The van der Waals surface area contributed by atoms with Gasteiger partial charge in [-0.3, -0.25) is 4.90 Å². The number of rotatable bonds is 3. The molecule has 2 fully saturated rings. The van der Waals surface area contributed by atoms with Crippen molar-refractivity contribution in [1.82, 2.24) is 14.9 Å². The zero-order valence-corrected chi connectivity index (χ0v) is 14.4. The van der Waals surface area contributed by atoms with Gasteiger partial charge in [-0.15, -0.1) is 0 Å². The number of aromatic nitrogens is 2. The number of hydrogen-bond acceptors (Lipinski definition) is 6. The fourth-order valence-electron chi connectivity index (χ4n) is 4.20. The lowest BCUT2D eigenvalue weighted by Gasteiger charge is -2.48. The van der Waals surface area contributed by atoms with Crippen molar-refractivity contribution < 1.29 is 5.11 Å². The van der Waals surface area contributed by atoms with Gasteiger partial charge in [-0.2, -0.15) is 0 Å². The van der Waals surface area contributed by atoms with Crippen molar-refractivity contribution >= 4 is 11.6 Å². The number of anilines is 2. The van der Waals surface area contributed by atoms with Gasteiger partial charge < -0.3 is 15.7 Å². The van der Waals surface area contributed by atoms with E-state index in [1.54, 1.807) is 0 Å². The molecule has 6 nitrogen and oxygen atoms in total. The van der Waals surface area contributed by atoms with Gasteiger partial charge in [0.1, 0.15) is 23.6 Å². The highest BCUT2D eigenvalue weighted by Gasteiger charge is 2.46. The van der Waals surface area contributed by atoms with Gasteiger partial charge in [-0.05, 0) is 37.9 Å². The van der Waals surface area contributed by atoms with Crippen LogP contribution in [-0.2, 0) is 5.60 Å². The molecule has 2 aliphatic heterocycles. The molecule has 3 heterocycles. The number of nitrogens with zero attached hydrogens (tertiary/aromatic N) is 4. The van der Waals surface area contributed by atoms with E-state index >= 15 is 0 Å². The fourth-order valence-corrected chi connectivity index (χ4v) is 4.20. The summed E-state index contributed by atoms with van der Waals surface area (Å²) >= 11 is 0. The Bertz CT molecular complexity index is 719. The summed E-state index contributed by atoms with van der Waals surface area (Å²) in [6.07, 6.45) is 4.57. The second kappa shape index (κ2) is 6.61. The molecule has 2 saturated heterocycles. The van der Waals surface area contributed by atoms with Crippen LogP contribution in [0.1, 0.15) is 24.8 Å². The quantitative estimate of drug-likeness (QED) is 0.885. The average Bonchev–Trinajstić information content (AvgIpc) is 3.17. The summed E-state index contributed by atoms with van der Waals surface area (Å²) in [5, 5.41) is 11.7. The van der Waals surface area contributed by atoms with Crippen LogP contribution >= 0.6 is 0 Å². The van der Waals surface area contributed by atoms with Crippen molar-refractivity contribution in [3.05, 3.63) is 48.3 Å². The van der Waals surface area contributed by atoms with E-state index in [-0.39, 0.29) is 6.04 Å². The maximum atomic E-state index is 11.7. The number of aliphatic hydroxyl groups is 1. The normalized spacial score (nSPS) is 27.6. The summed E-state index contributed by atoms with van der Waals surface area (Å²) in [4.78, 5) is 13.0. The van der Waals surface area contributed by atoms with Gasteiger partial charge in [0.2, 0.25) is 0 Å². The van der Waals surface area contributed by atoms with Gasteiger partial charge in [0, 0.05) is 19.2 Å². The minimum absolute atomic E-state index is 0.0438. The van der Waals surface area contributed by atoms with Crippen LogP contribution in [0.15, 0.2) is 42.7 Å². The second-order valence-electron chi connectivity index (χ2n) is 7.05. The van der Waals surface area contributed by atoms with E-state index in [2.05, 4.69) is 19.8 Å². The van der Waals surface area contributed by atoms with Crippen molar-refractivity contribution in [1.29, 1.82) is 0 Å². The van der Waals surface area contributed by atoms with Crippen molar-refractivity contribution in [3.8, 4) is 0 Å². The summed E-state index contributed by atoms with van der Waals surface area (Å²) < 4.78 is 0. The van der Waals surface area contributed by atoms with Gasteiger partial charge >= 0.3 is 0 Å². The highest BCUT2D eigenvalue weighted by atomic mass is 16.3. The van der Waals surface area contributed by atoms with E-state index < -0.39 is 5.60 Å². The van der Waals surface area contributed by atoms with Crippen LogP contribution in [0.2, 0.25) is 0 Å². The van der Waals surface area contributed by atoms with E-state index in [4.69, 9.17) is 5.73 Å². The highest BCUT2D eigenvalue weighted by Crippen LogP contribution is 2.38. The van der Waals surface area contributed by atoms with Crippen LogP contribution in [0.3, 0.4) is 0 Å². The van der Waals surface area contributed by atoms with Gasteiger partial charge in [-0.1, -0.05) is 30.3 Å². The average molecular weight is 339 g/mol. The fraction of sp³-hybridized carbons (Fsp3) is 0.474. The van der Waals surface area contributed by atoms with Gasteiger partial charge in [-0.25, -0.2) is 9.97 Å². The summed E-state index contributed by atoms with van der Waals surface area (Å²) in [6.45, 7) is 3.56. The molecule has 2 atom stereocenters. The third-order valence-electron chi connectivity index (χ3n) is 5.56. The van der Waals surface area contributed by atoms with E-state index in [9.17, 15) is 5.11 Å². The molecule has 25 heavy (non-hydrogen) atoms. The molecule has 0 spiro atoms. The van der Waals surface area contributed by atoms with Gasteiger partial charge in [0.05, 0.1) is 6.04 Å². The SMILES string of the molecule is Nc1cc(N2CC[C@](O)(c3ccccc3)[C@H](N3CCCC3)C2)ncn1. The molecule has 4 rings (SSSR count). The molecule has 3 N–H and O–H groups in total. The molecule has 6 heteroatoms. The number of likely N-dealkylation sites (tertiary alicyclic amines) is 1. The van der Waals surface area contributed by atoms with Crippen LogP contribution in [0.5, 0.6) is 0 Å². The first-order valence-electron chi connectivity index (χ1n) is 9.01. The van der Waals surface area contributed by atoms with Gasteiger partial charge in [0.25, 0.3) is 0 Å². The lowest BCUT2D eigenvalue weighted by molar-refractivity contribution is -0.0603. The minimum Gasteiger partial charge on any atom is -0.384 e. The van der Waals surface area contributed by atoms with E-state index in [0.717, 1.165) is 37.6 Å². The molecule has 0 saturated carbocycles. The Morgan fingerprint density at radius 1 is 1.08 bits per heavy atom. The number of nitrogens with two attached hydrogens (primary N) is 1. The first-order chi connectivity index (χ1) is 12.2. The predicted molar refractivity (Wildman–Crippen MR) is 98.2 cm³/mol. The van der Waals surface area contributed by atoms with Gasteiger partial charge in [0.15, 0.2) is 0 Å². The molecule has 0 amide bonds. The molecule has 2 aliphatic rings. The Morgan fingerprint density at radius 2 is 1.84 bits per heavy atom. The summed E-state index contributed by atoms with van der Waals surface area (Å²) in [5.74, 6) is 1.32. The molecule has 0 unspecified atom stereocenters. The molecule has 2 aromatic rings. The lowest BCUT2D eigenvalue weighted by Crippen LogP contribution is -2.60. The van der Waals surface area contributed by atoms with Crippen LogP contribution in [0.25, 0.3) is 0 Å². The van der Waals surface area contributed by atoms with Crippen LogP contribution in [0.4, 0.5) is 11.6 Å². The Kier molecular flexibility index (Phi) is 4.31. The maximum Gasteiger partial charge on any atom is 0.134 e. The van der Waals surface area contributed by atoms with E-state index in [1.807, 2.05) is 36.4 Å². The minimum atomic E-state index is -0.833. The molecule has 1 aromatic carbocycles. The second-order valence-corrected chi connectivity index (χ2v) is 7.05. The smallest absolute Gasteiger partial charge is 0.134 e. The standard InChI is InChI=1S/C19H25N5O/c20-17-12-18(22-14-21-17)24-11-8-19(25,15-6-2-1-3-7-15)16(13-24)23-9-4-5-10-23/h1-3,6-7,12,14,16,25H,4-5,8-11,13H2,(H2,20,21,22)/t16-,19+/m1/s1. The van der Waals surface area contributed by atoms with Crippen molar-refractivity contribution in [3.63, 3.8) is 0 Å². The number of benzene rings is 1. The van der Waals surface area contributed by atoms with Crippen molar-refractivity contribution in [2.45, 2.75) is 30.9 Å². The topological polar surface area (TPSA) is 78.5 Å². The summed E-state index contributed by atoms with van der Waals surface area (Å²) in [7, 11) is 0. The molecule has 1 aromatic heterocycles. The Labute approximate surface area is 148 Å². The Hall–Kier alpha value is -2.18. The Balaban J connectivity index is 1.66. The lowest BCUT2D eigenvalue weighted by atomic mass is 9.79. The molecule has 132 valence electrons. The third kappa shape index (κ3) is 3.07. The first kappa shape index (κ1) is 16.3. The predicted octanol–water partition coefficient (Wildman–Crippen LogP) is 1.62. The molecular weight excluding hydrogens is 314 g/mol. The molecule has 0 radical (unpaired) electrons. The monoisotopic (exact) mass is 339 g/mol. The van der Waals surface area contributed by atoms with Crippen molar-refractivity contribution in [2.75, 3.05) is 36.8 Å².